The molecule has 3 nitrogen and oxygen atoms in total. The average Bonchev–Trinajstić information content (AvgIpc) is 2.69. The maximum absolute atomic E-state index is 13.6. The van der Waals surface area contributed by atoms with Crippen LogP contribution in [0, 0.1) is 5.82 Å². The Kier molecular flexibility index (Phi) is 7.16. The van der Waals surface area contributed by atoms with Gasteiger partial charge in [-0.2, -0.15) is 11.8 Å². The molecule has 2 aromatic carbocycles. The summed E-state index contributed by atoms with van der Waals surface area (Å²) in [6, 6.07) is 12.9. The van der Waals surface area contributed by atoms with Crippen LogP contribution in [0.4, 0.5) is 4.39 Å². The van der Waals surface area contributed by atoms with Crippen molar-refractivity contribution in [1.29, 1.82) is 0 Å². The van der Waals surface area contributed by atoms with E-state index in [2.05, 4.69) is 11.4 Å². The van der Waals surface area contributed by atoms with Gasteiger partial charge in [-0.15, -0.1) is 0 Å². The van der Waals surface area contributed by atoms with Crippen molar-refractivity contribution in [1.82, 2.24) is 5.32 Å². The van der Waals surface area contributed by atoms with Gasteiger partial charge in [0.05, 0.1) is 0 Å². The largest absolute Gasteiger partial charge is 0.481 e. The molecule has 0 bridgehead atoms. The van der Waals surface area contributed by atoms with Gasteiger partial charge in [0, 0.05) is 18.1 Å². The zero-order valence-corrected chi connectivity index (χ0v) is 16.5. The molecule has 5 heteroatoms. The summed E-state index contributed by atoms with van der Waals surface area (Å²) in [5.74, 6) is 1.87. The number of nitrogens with one attached hydrogen (secondary N) is 1. The third-order valence-electron chi connectivity index (χ3n) is 4.79. The standard InChI is InChI=1S/C22H26FNO2S/c1-16(26-21-12-6-9-17-7-2-4-10-19(17)21)22(25)24-13-14-27-15-18-8-3-5-11-20(18)23/h3,5-6,8-9,11-12,16H,2,4,7,10,13-15H2,1H3,(H,24,25)/t16-/m1/s1. The molecular formula is C22H26FNO2S. The predicted octanol–water partition coefficient (Wildman–Crippen LogP) is 4.52. The highest BCUT2D eigenvalue weighted by Crippen LogP contribution is 2.30. The zero-order chi connectivity index (χ0) is 19.1. The summed E-state index contributed by atoms with van der Waals surface area (Å²) in [6.45, 7) is 2.32. The van der Waals surface area contributed by atoms with Gasteiger partial charge in [-0.25, -0.2) is 4.39 Å². The monoisotopic (exact) mass is 387 g/mol. The van der Waals surface area contributed by atoms with E-state index >= 15 is 0 Å². The van der Waals surface area contributed by atoms with Gasteiger partial charge in [-0.3, -0.25) is 4.79 Å². The molecule has 0 unspecified atom stereocenters. The van der Waals surface area contributed by atoms with E-state index in [4.69, 9.17) is 4.74 Å². The fourth-order valence-electron chi connectivity index (χ4n) is 3.29. The lowest BCUT2D eigenvalue weighted by atomic mass is 9.91. The van der Waals surface area contributed by atoms with Crippen molar-refractivity contribution < 1.29 is 13.9 Å². The molecule has 0 fully saturated rings. The van der Waals surface area contributed by atoms with Crippen molar-refractivity contribution in [2.24, 2.45) is 0 Å². The molecule has 0 radical (unpaired) electrons. The molecule has 0 heterocycles. The highest BCUT2D eigenvalue weighted by molar-refractivity contribution is 7.98. The lowest BCUT2D eigenvalue weighted by Crippen LogP contribution is -2.37. The summed E-state index contributed by atoms with van der Waals surface area (Å²) in [7, 11) is 0. The molecule has 1 N–H and O–H groups in total. The van der Waals surface area contributed by atoms with Crippen LogP contribution in [0.25, 0.3) is 0 Å². The van der Waals surface area contributed by atoms with Gasteiger partial charge >= 0.3 is 0 Å². The second-order valence-corrected chi connectivity index (χ2v) is 7.90. The number of ether oxygens (including phenoxy) is 1. The van der Waals surface area contributed by atoms with E-state index in [1.807, 2.05) is 18.2 Å². The van der Waals surface area contributed by atoms with Crippen LogP contribution in [-0.4, -0.2) is 24.3 Å². The van der Waals surface area contributed by atoms with Crippen molar-refractivity contribution in [2.75, 3.05) is 12.3 Å². The lowest BCUT2D eigenvalue weighted by Gasteiger charge is -2.22. The van der Waals surface area contributed by atoms with Gasteiger partial charge in [0.1, 0.15) is 11.6 Å². The predicted molar refractivity (Wildman–Crippen MR) is 109 cm³/mol. The van der Waals surface area contributed by atoms with Crippen molar-refractivity contribution >= 4 is 17.7 Å². The Bertz CT molecular complexity index is 781. The number of halogens is 1. The van der Waals surface area contributed by atoms with Crippen LogP contribution in [0.2, 0.25) is 0 Å². The lowest BCUT2D eigenvalue weighted by molar-refractivity contribution is -0.127. The van der Waals surface area contributed by atoms with Crippen LogP contribution in [0.15, 0.2) is 42.5 Å². The van der Waals surface area contributed by atoms with Crippen LogP contribution >= 0.6 is 11.8 Å². The van der Waals surface area contributed by atoms with Crippen LogP contribution < -0.4 is 10.1 Å². The van der Waals surface area contributed by atoms with E-state index < -0.39 is 6.10 Å². The van der Waals surface area contributed by atoms with Gasteiger partial charge in [0.25, 0.3) is 5.91 Å². The molecule has 0 aliphatic heterocycles. The Morgan fingerprint density at radius 2 is 2.00 bits per heavy atom. The number of hydrogen-bond acceptors (Lipinski definition) is 3. The number of hydrogen-bond donors (Lipinski definition) is 1. The molecule has 1 atom stereocenters. The molecule has 0 aromatic heterocycles. The first-order valence-electron chi connectivity index (χ1n) is 9.51. The van der Waals surface area contributed by atoms with Gasteiger partial charge in [0.2, 0.25) is 0 Å². The first kappa shape index (κ1) is 19.7. The molecule has 1 amide bonds. The molecule has 1 aliphatic rings. The summed E-state index contributed by atoms with van der Waals surface area (Å²) in [6.07, 6.45) is 3.97. The fraction of sp³-hybridized carbons (Fsp3) is 0.409. The number of aryl methyl sites for hydroxylation is 1. The molecular weight excluding hydrogens is 361 g/mol. The van der Waals surface area contributed by atoms with Crippen LogP contribution in [-0.2, 0) is 23.4 Å². The van der Waals surface area contributed by atoms with Gasteiger partial charge in [0.15, 0.2) is 6.10 Å². The number of carbonyl (C=O) groups is 1. The second kappa shape index (κ2) is 9.79. The SMILES string of the molecule is C[C@@H](Oc1cccc2c1CCCC2)C(=O)NCCSCc1ccccc1F. The average molecular weight is 388 g/mol. The highest BCUT2D eigenvalue weighted by Gasteiger charge is 2.19. The second-order valence-electron chi connectivity index (χ2n) is 6.80. The Morgan fingerprint density at radius 1 is 1.19 bits per heavy atom. The summed E-state index contributed by atoms with van der Waals surface area (Å²) < 4.78 is 19.5. The Labute approximate surface area is 164 Å². The molecule has 0 saturated carbocycles. The van der Waals surface area contributed by atoms with Crippen molar-refractivity contribution in [3.63, 3.8) is 0 Å². The number of rotatable bonds is 8. The number of thioether (sulfide) groups is 1. The smallest absolute Gasteiger partial charge is 0.260 e. The topological polar surface area (TPSA) is 38.3 Å². The summed E-state index contributed by atoms with van der Waals surface area (Å²) in [5.41, 5.74) is 3.29. The Morgan fingerprint density at radius 3 is 2.85 bits per heavy atom. The maximum Gasteiger partial charge on any atom is 0.260 e. The Hall–Kier alpha value is -2.01. The molecule has 27 heavy (non-hydrogen) atoms. The molecule has 0 saturated heterocycles. The van der Waals surface area contributed by atoms with E-state index in [-0.39, 0.29) is 11.7 Å². The van der Waals surface area contributed by atoms with E-state index in [0.29, 0.717) is 17.9 Å². The van der Waals surface area contributed by atoms with Crippen LogP contribution in [0.1, 0.15) is 36.5 Å². The van der Waals surface area contributed by atoms with Crippen molar-refractivity contribution in [3.05, 3.63) is 65.0 Å². The third-order valence-corrected chi connectivity index (χ3v) is 5.79. The van der Waals surface area contributed by atoms with Gasteiger partial charge < -0.3 is 10.1 Å². The molecule has 0 spiro atoms. The van der Waals surface area contributed by atoms with Crippen molar-refractivity contribution in [2.45, 2.75) is 44.5 Å². The first-order chi connectivity index (χ1) is 13.1. The third kappa shape index (κ3) is 5.48. The Balaban J connectivity index is 1.41. The number of fused-ring (bicyclic) bond motifs is 1. The van der Waals surface area contributed by atoms with Gasteiger partial charge in [-0.05, 0) is 61.4 Å². The van der Waals surface area contributed by atoms with E-state index in [0.717, 1.165) is 24.3 Å². The minimum absolute atomic E-state index is 0.116. The first-order valence-corrected chi connectivity index (χ1v) is 10.7. The van der Waals surface area contributed by atoms with Crippen LogP contribution in [0.5, 0.6) is 5.75 Å². The normalized spacial score (nSPS) is 14.3. The van der Waals surface area contributed by atoms with E-state index in [1.165, 1.54) is 30.0 Å². The molecule has 1 aliphatic carbocycles. The summed E-state index contributed by atoms with van der Waals surface area (Å²) in [4.78, 5) is 12.3. The number of benzene rings is 2. The zero-order valence-electron chi connectivity index (χ0n) is 15.7. The van der Waals surface area contributed by atoms with E-state index in [1.54, 1.807) is 30.8 Å². The summed E-state index contributed by atoms with van der Waals surface area (Å²) in [5, 5.41) is 2.91. The van der Waals surface area contributed by atoms with E-state index in [9.17, 15) is 9.18 Å². The van der Waals surface area contributed by atoms with Crippen LogP contribution in [0.3, 0.4) is 0 Å². The van der Waals surface area contributed by atoms with Crippen molar-refractivity contribution in [3.8, 4) is 5.75 Å². The minimum Gasteiger partial charge on any atom is -0.481 e. The molecule has 3 rings (SSSR count). The van der Waals surface area contributed by atoms with Gasteiger partial charge in [-0.1, -0.05) is 30.3 Å². The number of amides is 1. The summed E-state index contributed by atoms with van der Waals surface area (Å²) >= 11 is 1.60. The maximum atomic E-state index is 13.6. The quantitative estimate of drug-likeness (QED) is 0.677. The fourth-order valence-corrected chi connectivity index (χ4v) is 4.13. The number of carbonyl (C=O) groups excluding carboxylic acids is 1. The minimum atomic E-state index is -0.532. The molecule has 144 valence electrons. The highest BCUT2D eigenvalue weighted by atomic mass is 32.2. The molecule has 2 aromatic rings.